The molecule has 0 aliphatic rings. The Morgan fingerprint density at radius 3 is 0.846 bits per heavy atom. The number of rotatable bonds is 9. The van der Waals surface area contributed by atoms with Crippen molar-refractivity contribution in [3.63, 3.8) is 0 Å². The van der Waals surface area contributed by atoms with Gasteiger partial charge in [0, 0.05) is 0 Å². The van der Waals surface area contributed by atoms with E-state index in [0.29, 0.717) is 6.61 Å². The molecule has 234 valence electrons. The van der Waals surface area contributed by atoms with Crippen LogP contribution in [0.1, 0.15) is 13.3 Å². The minimum atomic E-state index is -0.816. The maximum absolute atomic E-state index is 10.7. The third-order valence-corrected chi connectivity index (χ3v) is 2.40. The monoisotopic (exact) mass is 584 g/mol. The summed E-state index contributed by atoms with van der Waals surface area (Å²) in [6, 6.07) is 0. The molecule has 0 saturated heterocycles. The van der Waals surface area contributed by atoms with Gasteiger partial charge in [-0.3, -0.25) is 0 Å². The third-order valence-electron chi connectivity index (χ3n) is 2.40. The quantitative estimate of drug-likeness (QED) is 0.122. The minimum Gasteiger partial charge on any atom is -0.438 e. The molecule has 0 fully saturated rings. The number of ether oxygens (including phenoxy) is 10. The Bertz CT molecular complexity index is 543. The van der Waals surface area contributed by atoms with E-state index in [2.05, 4.69) is 47.4 Å². The molecule has 0 aromatic heterocycles. The van der Waals surface area contributed by atoms with Crippen molar-refractivity contribution < 1.29 is 91.8 Å². The molecular weight excluding hydrogens is 544 g/mol. The van der Waals surface area contributed by atoms with Gasteiger partial charge in [-0.05, 0) is 6.42 Å². The van der Waals surface area contributed by atoms with Crippen LogP contribution < -0.4 is 0 Å². The second kappa shape index (κ2) is 41.3. The molecule has 0 atom stereocenters. The first-order chi connectivity index (χ1) is 18.5. The van der Waals surface area contributed by atoms with Crippen LogP contribution in [0.25, 0.3) is 0 Å². The van der Waals surface area contributed by atoms with Gasteiger partial charge in [-0.2, -0.15) is 0 Å². The molecule has 19 nitrogen and oxygen atoms in total. The van der Waals surface area contributed by atoms with Gasteiger partial charge in [0.15, 0.2) is 0 Å². The molecule has 0 heterocycles. The Labute approximate surface area is 225 Å². The summed E-state index contributed by atoms with van der Waals surface area (Å²) in [6.45, 7) is 0.986. The van der Waals surface area contributed by atoms with Crippen LogP contribution in [0.4, 0.5) is 24.0 Å². The number of carbonyl (C=O) groups excluding carboxylic acids is 5. The Morgan fingerprint density at radius 2 is 0.667 bits per heavy atom. The number of carbonyl (C=O) groups is 5. The second-order valence-electron chi connectivity index (χ2n) is 5.10. The van der Waals surface area contributed by atoms with Gasteiger partial charge < -0.3 is 67.8 Å². The lowest BCUT2D eigenvalue weighted by Crippen LogP contribution is -2.14. The summed E-state index contributed by atoms with van der Waals surface area (Å²) in [6.07, 6.45) is -3.13. The zero-order valence-electron chi connectivity index (χ0n) is 22.8. The molecule has 0 saturated carbocycles. The zero-order chi connectivity index (χ0) is 31.3. The van der Waals surface area contributed by atoms with Gasteiger partial charge in [0.25, 0.3) is 0 Å². The molecule has 0 aromatic carbocycles. The standard InChI is InChI=1S/C8H14O6.C6H10O6.C3H6O3.C2H6O2.CH4O2/c1-3-4-12-8(10)14-6-5-13-7(9)11-2;1-9-5(7)11-3-4-12-6(8)10-2;1-5-3(4)6-2;3-1-2-4;2-1-3/h3-6H2,1-2H3;3-4H2,1-2H3;1-2H3;3-4H,1-2H2;2-3H,1H2. The molecule has 0 aliphatic carbocycles. The fourth-order valence-corrected chi connectivity index (χ4v) is 0.987. The van der Waals surface area contributed by atoms with E-state index in [-0.39, 0.29) is 39.6 Å². The van der Waals surface area contributed by atoms with E-state index in [4.69, 9.17) is 20.4 Å². The van der Waals surface area contributed by atoms with Crippen LogP contribution in [0.5, 0.6) is 0 Å². The third kappa shape index (κ3) is 55.8. The van der Waals surface area contributed by atoms with E-state index in [0.717, 1.165) is 6.42 Å². The number of hydrogen-bond donors (Lipinski definition) is 4. The molecule has 4 N–H and O–H groups in total. The van der Waals surface area contributed by atoms with Crippen molar-refractivity contribution in [2.24, 2.45) is 0 Å². The Hall–Kier alpha value is -3.81. The van der Waals surface area contributed by atoms with Crippen molar-refractivity contribution in [1.82, 2.24) is 0 Å². The van der Waals surface area contributed by atoms with Crippen LogP contribution in [0, 0.1) is 0 Å². The average molecular weight is 585 g/mol. The summed E-state index contributed by atoms with van der Waals surface area (Å²) in [4.78, 5) is 51.5. The Balaban J connectivity index is -0.000000138. The maximum atomic E-state index is 10.7. The molecule has 0 radical (unpaired) electrons. The predicted molar refractivity (Wildman–Crippen MR) is 126 cm³/mol. The van der Waals surface area contributed by atoms with Gasteiger partial charge >= 0.3 is 30.8 Å². The summed E-state index contributed by atoms with van der Waals surface area (Å²) in [5, 5.41) is 29.5. The largest absolute Gasteiger partial charge is 0.508 e. The van der Waals surface area contributed by atoms with E-state index >= 15 is 0 Å². The molecule has 0 unspecified atom stereocenters. The van der Waals surface area contributed by atoms with Crippen molar-refractivity contribution >= 4 is 30.8 Å². The van der Waals surface area contributed by atoms with Crippen molar-refractivity contribution in [3.05, 3.63) is 0 Å². The van der Waals surface area contributed by atoms with Crippen LogP contribution >= 0.6 is 0 Å². The second-order valence-corrected chi connectivity index (χ2v) is 5.10. The molecule has 39 heavy (non-hydrogen) atoms. The molecule has 0 bridgehead atoms. The first-order valence-electron chi connectivity index (χ1n) is 10.5. The van der Waals surface area contributed by atoms with Crippen LogP contribution in [-0.2, 0) is 47.4 Å². The Kier molecular flexibility index (Phi) is 47.8. The summed E-state index contributed by atoms with van der Waals surface area (Å²) >= 11 is 0. The first-order valence-corrected chi connectivity index (χ1v) is 10.5. The summed E-state index contributed by atoms with van der Waals surface area (Å²) in [5.74, 6) is 0. The lowest BCUT2D eigenvalue weighted by molar-refractivity contribution is 0.0245. The van der Waals surface area contributed by atoms with Crippen LogP contribution in [0.3, 0.4) is 0 Å². The molecule has 0 aromatic rings. The van der Waals surface area contributed by atoms with Gasteiger partial charge in [-0.1, -0.05) is 6.92 Å². The van der Waals surface area contributed by atoms with E-state index in [1.165, 1.54) is 35.5 Å². The molecule has 0 rings (SSSR count). The molecule has 0 amide bonds. The smallest absolute Gasteiger partial charge is 0.438 e. The van der Waals surface area contributed by atoms with Crippen molar-refractivity contribution in [3.8, 4) is 0 Å². The lowest BCUT2D eigenvalue weighted by Gasteiger charge is -2.05. The normalized spacial score (nSPS) is 8.15. The zero-order valence-corrected chi connectivity index (χ0v) is 22.8. The van der Waals surface area contributed by atoms with Gasteiger partial charge in [0.05, 0.1) is 55.4 Å². The highest BCUT2D eigenvalue weighted by Crippen LogP contribution is 1.89. The van der Waals surface area contributed by atoms with Gasteiger partial charge in [0.1, 0.15) is 33.2 Å². The minimum absolute atomic E-state index is 0.0440. The fraction of sp³-hybridized carbons (Fsp3) is 0.750. The van der Waals surface area contributed by atoms with Crippen molar-refractivity contribution in [2.45, 2.75) is 13.3 Å². The Morgan fingerprint density at radius 1 is 0.436 bits per heavy atom. The summed E-state index contributed by atoms with van der Waals surface area (Å²) < 4.78 is 42.9. The fourth-order valence-electron chi connectivity index (χ4n) is 0.987. The van der Waals surface area contributed by atoms with Crippen LogP contribution in [0.2, 0.25) is 0 Å². The number of methoxy groups -OCH3 is 5. The van der Waals surface area contributed by atoms with Gasteiger partial charge in [0.2, 0.25) is 0 Å². The molecule has 0 spiro atoms. The first kappa shape index (κ1) is 45.1. The molecule has 19 heteroatoms. The van der Waals surface area contributed by atoms with Gasteiger partial charge in [-0.25, -0.2) is 24.0 Å². The van der Waals surface area contributed by atoms with Gasteiger partial charge in [-0.15, -0.1) is 0 Å². The summed E-state index contributed by atoms with van der Waals surface area (Å²) in [7, 11) is 6.07. The lowest BCUT2D eigenvalue weighted by atomic mass is 10.5. The number of hydrogen-bond acceptors (Lipinski definition) is 19. The topological polar surface area (TPSA) is 259 Å². The highest BCUT2D eigenvalue weighted by Gasteiger charge is 2.04. The molecule has 0 aliphatic heterocycles. The van der Waals surface area contributed by atoms with Crippen molar-refractivity contribution in [1.29, 1.82) is 0 Å². The summed E-state index contributed by atoms with van der Waals surface area (Å²) in [5.41, 5.74) is 0. The highest BCUT2D eigenvalue weighted by molar-refractivity contribution is 5.61. The van der Waals surface area contributed by atoms with Crippen molar-refractivity contribution in [2.75, 3.05) is 88.6 Å². The number of aliphatic hydroxyl groups is 4. The van der Waals surface area contributed by atoms with E-state index in [1.807, 2.05) is 6.92 Å². The average Bonchev–Trinajstić information content (AvgIpc) is 2.96. The number of aliphatic hydroxyl groups excluding tert-OH is 3. The molecular formula is C20H40O19. The predicted octanol–water partition coefficient (Wildman–Crippen LogP) is 0.184. The van der Waals surface area contributed by atoms with E-state index in [1.54, 1.807) is 0 Å². The highest BCUT2D eigenvalue weighted by atomic mass is 16.8. The SMILES string of the molecule is CCCOC(=O)OCCOC(=O)OC.COC(=O)OC.COC(=O)OCCOC(=O)OC.OCCO.OCO. The van der Waals surface area contributed by atoms with Crippen LogP contribution in [-0.4, -0.2) is 140 Å². The van der Waals surface area contributed by atoms with E-state index < -0.39 is 37.6 Å². The van der Waals surface area contributed by atoms with Crippen LogP contribution in [0.15, 0.2) is 0 Å². The maximum Gasteiger partial charge on any atom is 0.508 e. The van der Waals surface area contributed by atoms with E-state index in [9.17, 15) is 24.0 Å².